The normalized spacial score (nSPS) is 10.4. The quantitative estimate of drug-likeness (QED) is 0.872. The highest BCUT2D eigenvalue weighted by Crippen LogP contribution is 2.30. The molecule has 2 rings (SSSR count). The van der Waals surface area contributed by atoms with Crippen LogP contribution in [0.4, 0.5) is 5.13 Å². The summed E-state index contributed by atoms with van der Waals surface area (Å²) in [7, 11) is 0. The minimum absolute atomic E-state index is 0.0745. The molecule has 3 nitrogen and oxygen atoms in total. The van der Waals surface area contributed by atoms with Crippen molar-refractivity contribution in [3.8, 4) is 11.3 Å². The third-order valence-corrected chi connectivity index (χ3v) is 3.66. The zero-order valence-corrected chi connectivity index (χ0v) is 11.9. The molecular formula is C12H10Cl2N2OS. The number of rotatable bonds is 3. The zero-order valence-electron chi connectivity index (χ0n) is 9.54. The molecule has 0 fully saturated rings. The average molecular weight is 301 g/mol. The van der Waals surface area contributed by atoms with E-state index in [1.807, 2.05) is 31.2 Å². The van der Waals surface area contributed by atoms with Gasteiger partial charge in [0.2, 0.25) is 5.91 Å². The van der Waals surface area contributed by atoms with Crippen LogP contribution in [-0.2, 0) is 4.79 Å². The molecule has 1 aromatic heterocycles. The van der Waals surface area contributed by atoms with Gasteiger partial charge < -0.3 is 5.32 Å². The van der Waals surface area contributed by atoms with Gasteiger partial charge in [-0.25, -0.2) is 4.98 Å². The Morgan fingerprint density at radius 2 is 2.06 bits per heavy atom. The van der Waals surface area contributed by atoms with Gasteiger partial charge in [0.25, 0.3) is 0 Å². The van der Waals surface area contributed by atoms with Gasteiger partial charge in [-0.05, 0) is 19.1 Å². The third-order valence-electron chi connectivity index (χ3n) is 2.28. The SMILES string of the molecule is Cc1sc(NC(=O)CCl)nc1-c1ccc(Cl)cc1. The zero-order chi connectivity index (χ0) is 13.1. The summed E-state index contributed by atoms with van der Waals surface area (Å²) >= 11 is 12.7. The fraction of sp³-hybridized carbons (Fsp3) is 0.167. The van der Waals surface area contributed by atoms with E-state index in [0.717, 1.165) is 16.1 Å². The molecule has 0 saturated heterocycles. The minimum Gasteiger partial charge on any atom is -0.301 e. The van der Waals surface area contributed by atoms with Crippen LogP contribution in [0.2, 0.25) is 5.02 Å². The van der Waals surface area contributed by atoms with Gasteiger partial charge in [-0.15, -0.1) is 22.9 Å². The van der Waals surface area contributed by atoms with Gasteiger partial charge in [0, 0.05) is 15.5 Å². The summed E-state index contributed by atoms with van der Waals surface area (Å²) in [5.41, 5.74) is 1.82. The summed E-state index contributed by atoms with van der Waals surface area (Å²) in [6.45, 7) is 1.96. The van der Waals surface area contributed by atoms with E-state index in [-0.39, 0.29) is 11.8 Å². The standard InChI is InChI=1S/C12H10Cl2N2OS/c1-7-11(8-2-4-9(14)5-3-8)16-12(18-7)15-10(17)6-13/h2-5H,6H2,1H3,(H,15,16,17). The van der Waals surface area contributed by atoms with Crippen molar-refractivity contribution in [2.45, 2.75) is 6.92 Å². The number of hydrogen-bond donors (Lipinski definition) is 1. The second-order valence-corrected chi connectivity index (χ2v) is 5.52. The van der Waals surface area contributed by atoms with Crippen LogP contribution in [0.25, 0.3) is 11.3 Å². The number of aromatic nitrogens is 1. The van der Waals surface area contributed by atoms with Gasteiger partial charge in [-0.2, -0.15) is 0 Å². The molecule has 0 radical (unpaired) electrons. The number of carbonyl (C=O) groups excluding carboxylic acids is 1. The van der Waals surface area contributed by atoms with E-state index in [9.17, 15) is 4.79 Å². The number of halogens is 2. The maximum atomic E-state index is 11.2. The monoisotopic (exact) mass is 300 g/mol. The number of thiazole rings is 1. The molecule has 0 aliphatic heterocycles. The number of alkyl halides is 1. The van der Waals surface area contributed by atoms with Gasteiger partial charge in [0.05, 0.1) is 5.69 Å². The summed E-state index contributed by atoms with van der Waals surface area (Å²) in [4.78, 5) is 16.6. The van der Waals surface area contributed by atoms with Crippen LogP contribution in [0, 0.1) is 6.92 Å². The Balaban J connectivity index is 2.29. The summed E-state index contributed by atoms with van der Waals surface area (Å²) in [5.74, 6) is -0.331. The van der Waals surface area contributed by atoms with E-state index in [2.05, 4.69) is 10.3 Å². The number of amides is 1. The van der Waals surface area contributed by atoms with Gasteiger partial charge in [0.15, 0.2) is 5.13 Å². The van der Waals surface area contributed by atoms with Crippen molar-refractivity contribution < 1.29 is 4.79 Å². The summed E-state index contributed by atoms with van der Waals surface area (Å²) in [5, 5.41) is 3.89. The Bertz CT molecular complexity index is 566. The van der Waals surface area contributed by atoms with Crippen LogP contribution in [0.5, 0.6) is 0 Å². The molecule has 1 N–H and O–H groups in total. The van der Waals surface area contributed by atoms with Crippen LogP contribution in [-0.4, -0.2) is 16.8 Å². The molecule has 2 aromatic rings. The van der Waals surface area contributed by atoms with E-state index in [1.165, 1.54) is 11.3 Å². The fourth-order valence-electron chi connectivity index (χ4n) is 1.48. The first-order chi connectivity index (χ1) is 8.60. The van der Waals surface area contributed by atoms with Crippen LogP contribution in [0.3, 0.4) is 0 Å². The van der Waals surface area contributed by atoms with E-state index >= 15 is 0 Å². The fourth-order valence-corrected chi connectivity index (χ4v) is 2.52. The number of aryl methyl sites for hydroxylation is 1. The maximum absolute atomic E-state index is 11.2. The maximum Gasteiger partial charge on any atom is 0.241 e. The van der Waals surface area contributed by atoms with E-state index in [4.69, 9.17) is 23.2 Å². The third kappa shape index (κ3) is 3.02. The molecule has 0 bridgehead atoms. The molecule has 0 saturated carbocycles. The Kier molecular flexibility index (Phi) is 4.22. The van der Waals surface area contributed by atoms with Gasteiger partial charge in [-0.1, -0.05) is 23.7 Å². The van der Waals surface area contributed by atoms with Crippen molar-refractivity contribution in [3.05, 3.63) is 34.2 Å². The Labute approximate surface area is 119 Å². The van der Waals surface area contributed by atoms with Crippen molar-refractivity contribution in [1.82, 2.24) is 4.98 Å². The number of hydrogen-bond acceptors (Lipinski definition) is 3. The highest BCUT2D eigenvalue weighted by molar-refractivity contribution is 7.16. The van der Waals surface area contributed by atoms with Crippen molar-refractivity contribution in [2.75, 3.05) is 11.2 Å². The molecule has 6 heteroatoms. The molecular weight excluding hydrogens is 291 g/mol. The van der Waals surface area contributed by atoms with Crippen LogP contribution < -0.4 is 5.32 Å². The molecule has 1 amide bonds. The lowest BCUT2D eigenvalue weighted by atomic mass is 10.1. The predicted octanol–water partition coefficient (Wildman–Crippen LogP) is 3.95. The Morgan fingerprint density at radius 1 is 1.39 bits per heavy atom. The highest BCUT2D eigenvalue weighted by Gasteiger charge is 2.11. The average Bonchev–Trinajstić information content (AvgIpc) is 2.71. The Morgan fingerprint density at radius 3 is 2.67 bits per heavy atom. The summed E-state index contributed by atoms with van der Waals surface area (Å²) < 4.78 is 0. The van der Waals surface area contributed by atoms with Crippen molar-refractivity contribution >= 4 is 45.6 Å². The molecule has 1 heterocycles. The first-order valence-electron chi connectivity index (χ1n) is 5.19. The molecule has 0 aliphatic rings. The second kappa shape index (κ2) is 5.69. The number of nitrogens with zero attached hydrogens (tertiary/aromatic N) is 1. The molecule has 18 heavy (non-hydrogen) atoms. The van der Waals surface area contributed by atoms with Crippen LogP contribution >= 0.6 is 34.5 Å². The summed E-state index contributed by atoms with van der Waals surface area (Å²) in [6.07, 6.45) is 0. The number of benzene rings is 1. The van der Waals surface area contributed by atoms with Crippen molar-refractivity contribution in [1.29, 1.82) is 0 Å². The van der Waals surface area contributed by atoms with Crippen molar-refractivity contribution in [2.24, 2.45) is 0 Å². The van der Waals surface area contributed by atoms with Crippen molar-refractivity contribution in [3.63, 3.8) is 0 Å². The lowest BCUT2D eigenvalue weighted by Gasteiger charge is -1.98. The minimum atomic E-state index is -0.256. The molecule has 1 aromatic carbocycles. The number of nitrogens with one attached hydrogen (secondary N) is 1. The lowest BCUT2D eigenvalue weighted by molar-refractivity contribution is -0.113. The molecule has 0 atom stereocenters. The summed E-state index contributed by atoms with van der Waals surface area (Å²) in [6, 6.07) is 7.43. The van der Waals surface area contributed by atoms with Gasteiger partial charge >= 0.3 is 0 Å². The molecule has 94 valence electrons. The molecule has 0 spiro atoms. The topological polar surface area (TPSA) is 42.0 Å². The smallest absolute Gasteiger partial charge is 0.241 e. The van der Waals surface area contributed by atoms with E-state index < -0.39 is 0 Å². The van der Waals surface area contributed by atoms with Gasteiger partial charge in [0.1, 0.15) is 5.88 Å². The van der Waals surface area contributed by atoms with E-state index in [0.29, 0.717) is 10.2 Å². The molecule has 0 aliphatic carbocycles. The lowest BCUT2D eigenvalue weighted by Crippen LogP contribution is -2.12. The predicted molar refractivity (Wildman–Crippen MR) is 76.6 cm³/mol. The number of anilines is 1. The Hall–Kier alpha value is -1.10. The van der Waals surface area contributed by atoms with E-state index in [1.54, 1.807) is 0 Å². The largest absolute Gasteiger partial charge is 0.301 e. The van der Waals surface area contributed by atoms with Crippen LogP contribution in [0.1, 0.15) is 4.88 Å². The van der Waals surface area contributed by atoms with Gasteiger partial charge in [-0.3, -0.25) is 4.79 Å². The first-order valence-corrected chi connectivity index (χ1v) is 6.92. The molecule has 0 unspecified atom stereocenters. The first kappa shape index (κ1) is 13.3. The second-order valence-electron chi connectivity index (χ2n) is 3.61. The van der Waals surface area contributed by atoms with Crippen LogP contribution in [0.15, 0.2) is 24.3 Å². The highest BCUT2D eigenvalue weighted by atomic mass is 35.5. The number of carbonyl (C=O) groups is 1.